The average molecular weight is 404 g/mol. The molecule has 3 rings (SSSR count). The predicted molar refractivity (Wildman–Crippen MR) is 100 cm³/mol. The molecule has 10 nitrogen and oxygen atoms in total. The Balaban J connectivity index is 1.71. The first kappa shape index (κ1) is 19.4. The number of carbonyl (C=O) groups excluding carboxylic acids is 2. The molecule has 0 saturated carbocycles. The molecular weight excluding hydrogens is 388 g/mol. The van der Waals surface area contributed by atoms with Crippen LogP contribution in [0.15, 0.2) is 24.3 Å². The molecule has 0 radical (unpaired) electrons. The Hall–Kier alpha value is -3.34. The second-order valence-electron chi connectivity index (χ2n) is 6.57. The number of hydrogen-bond acceptors (Lipinski definition) is 7. The fraction of sp³-hybridized carbons (Fsp3) is 0.294. The van der Waals surface area contributed by atoms with E-state index in [1.165, 1.54) is 11.3 Å². The van der Waals surface area contributed by atoms with Crippen LogP contribution in [-0.4, -0.2) is 21.7 Å². The zero-order valence-corrected chi connectivity index (χ0v) is 15.6. The van der Waals surface area contributed by atoms with E-state index in [-0.39, 0.29) is 5.56 Å². The first-order valence-electron chi connectivity index (χ1n) is 8.40. The largest absolute Gasteiger partial charge is 0.279 e. The van der Waals surface area contributed by atoms with Crippen molar-refractivity contribution in [3.63, 3.8) is 0 Å². The first-order chi connectivity index (χ1) is 13.2. The lowest BCUT2D eigenvalue weighted by Gasteiger charge is -2.16. The van der Waals surface area contributed by atoms with Crippen molar-refractivity contribution in [2.45, 2.75) is 26.2 Å². The summed E-state index contributed by atoms with van der Waals surface area (Å²) in [6.07, 6.45) is 2.89. The topological polar surface area (TPSA) is 144 Å². The van der Waals surface area contributed by atoms with Crippen molar-refractivity contribution >= 4 is 34.5 Å². The van der Waals surface area contributed by atoms with Crippen molar-refractivity contribution in [1.82, 2.24) is 10.9 Å². The minimum absolute atomic E-state index is 0.305. The molecule has 0 fully saturated rings. The Labute approximate surface area is 162 Å². The van der Waals surface area contributed by atoms with Gasteiger partial charge in [0.25, 0.3) is 23.2 Å². The molecule has 1 aliphatic carbocycles. The fourth-order valence-corrected chi connectivity index (χ4v) is 4.11. The van der Waals surface area contributed by atoms with Crippen LogP contribution in [0.4, 0.5) is 11.4 Å². The summed E-state index contributed by atoms with van der Waals surface area (Å²) in [5.41, 5.74) is 4.03. The molecule has 0 aliphatic heterocycles. The van der Waals surface area contributed by atoms with Crippen LogP contribution in [0.2, 0.25) is 0 Å². The molecule has 2 N–H and O–H groups in total. The van der Waals surface area contributed by atoms with Gasteiger partial charge >= 0.3 is 0 Å². The molecule has 146 valence electrons. The molecular formula is C17H16N4O6S. The Bertz CT molecular complexity index is 954. The zero-order chi connectivity index (χ0) is 20.4. The van der Waals surface area contributed by atoms with E-state index < -0.39 is 33.0 Å². The molecule has 2 aromatic rings. The van der Waals surface area contributed by atoms with E-state index in [0.29, 0.717) is 10.8 Å². The standard InChI is InChI=1S/C17H16N4O6S/c1-9-2-3-14-10(4-9)7-15(28-14)17(23)19-18-16(22)11-5-12(20(24)25)8-13(6-11)21(26)27/h5-9H,2-4H2,1H3,(H,18,22)(H,19,23)/t9-/m1/s1. The molecule has 1 aromatic carbocycles. The third kappa shape index (κ3) is 4.14. The van der Waals surface area contributed by atoms with Crippen LogP contribution in [0.1, 0.15) is 43.8 Å². The van der Waals surface area contributed by atoms with E-state index in [9.17, 15) is 29.8 Å². The van der Waals surface area contributed by atoms with Crippen molar-refractivity contribution in [3.8, 4) is 0 Å². The van der Waals surface area contributed by atoms with Crippen molar-refractivity contribution < 1.29 is 19.4 Å². The first-order valence-corrected chi connectivity index (χ1v) is 9.22. The third-order valence-corrected chi connectivity index (χ3v) is 5.66. The fourth-order valence-electron chi connectivity index (χ4n) is 3.00. The van der Waals surface area contributed by atoms with Gasteiger partial charge in [-0.3, -0.25) is 40.7 Å². The number of hydrogen-bond donors (Lipinski definition) is 2. The summed E-state index contributed by atoms with van der Waals surface area (Å²) < 4.78 is 0. The van der Waals surface area contributed by atoms with Crippen molar-refractivity contribution in [1.29, 1.82) is 0 Å². The van der Waals surface area contributed by atoms with Crippen LogP contribution >= 0.6 is 11.3 Å². The molecule has 0 unspecified atom stereocenters. The molecule has 1 atom stereocenters. The number of thiophene rings is 1. The number of nitro groups is 2. The van der Waals surface area contributed by atoms with E-state index in [2.05, 4.69) is 17.8 Å². The molecule has 0 bridgehead atoms. The Morgan fingerprint density at radius 1 is 1.04 bits per heavy atom. The quantitative estimate of drug-likeness (QED) is 0.592. The van der Waals surface area contributed by atoms with Gasteiger partial charge in [0.2, 0.25) is 0 Å². The van der Waals surface area contributed by atoms with Gasteiger partial charge in [-0.2, -0.15) is 0 Å². The maximum absolute atomic E-state index is 12.3. The second-order valence-corrected chi connectivity index (χ2v) is 7.70. The number of nitrogens with one attached hydrogen (secondary N) is 2. The van der Waals surface area contributed by atoms with E-state index >= 15 is 0 Å². The van der Waals surface area contributed by atoms with Crippen molar-refractivity contribution in [2.24, 2.45) is 5.92 Å². The number of nitrogens with zero attached hydrogens (tertiary/aromatic N) is 2. The van der Waals surface area contributed by atoms with Crippen molar-refractivity contribution in [3.05, 3.63) is 65.4 Å². The van der Waals surface area contributed by atoms with Crippen LogP contribution in [-0.2, 0) is 12.8 Å². The maximum atomic E-state index is 12.3. The number of non-ortho nitro benzene ring substituents is 2. The van der Waals surface area contributed by atoms with Crippen LogP contribution in [0.5, 0.6) is 0 Å². The summed E-state index contributed by atoms with van der Waals surface area (Å²) in [7, 11) is 0. The highest BCUT2D eigenvalue weighted by molar-refractivity contribution is 7.14. The average Bonchev–Trinajstić information content (AvgIpc) is 3.08. The van der Waals surface area contributed by atoms with Crippen LogP contribution < -0.4 is 10.9 Å². The van der Waals surface area contributed by atoms with Gasteiger partial charge in [-0.1, -0.05) is 6.92 Å². The highest BCUT2D eigenvalue weighted by atomic mass is 32.1. The van der Waals surface area contributed by atoms with Gasteiger partial charge in [0.05, 0.1) is 26.4 Å². The zero-order valence-electron chi connectivity index (χ0n) is 14.8. The van der Waals surface area contributed by atoms with E-state index in [4.69, 9.17) is 0 Å². The molecule has 11 heteroatoms. The lowest BCUT2D eigenvalue weighted by atomic mass is 9.90. The Morgan fingerprint density at radius 2 is 1.64 bits per heavy atom. The van der Waals surface area contributed by atoms with Gasteiger partial charge in [0.15, 0.2) is 0 Å². The van der Waals surface area contributed by atoms with Crippen LogP contribution in [0.3, 0.4) is 0 Å². The van der Waals surface area contributed by atoms with E-state index in [1.807, 2.05) is 0 Å². The van der Waals surface area contributed by atoms with Gasteiger partial charge < -0.3 is 0 Å². The summed E-state index contributed by atoms with van der Waals surface area (Å²) >= 11 is 1.36. The summed E-state index contributed by atoms with van der Waals surface area (Å²) in [6.45, 7) is 2.15. The minimum atomic E-state index is -0.893. The second kappa shape index (κ2) is 7.72. The highest BCUT2D eigenvalue weighted by Gasteiger charge is 2.22. The molecule has 28 heavy (non-hydrogen) atoms. The summed E-state index contributed by atoms with van der Waals surface area (Å²) in [5.74, 6) is -0.849. The van der Waals surface area contributed by atoms with Gasteiger partial charge in [0.1, 0.15) is 0 Å². The van der Waals surface area contributed by atoms with Gasteiger partial charge in [0, 0.05) is 17.0 Å². The molecule has 1 aliphatic rings. The van der Waals surface area contributed by atoms with E-state index in [0.717, 1.165) is 47.9 Å². The normalized spacial score (nSPS) is 15.4. The number of rotatable bonds is 4. The van der Waals surface area contributed by atoms with E-state index in [1.54, 1.807) is 6.07 Å². The number of aryl methyl sites for hydroxylation is 1. The highest BCUT2D eigenvalue weighted by Crippen LogP contribution is 2.32. The predicted octanol–water partition coefficient (Wildman–Crippen LogP) is 2.76. The number of amides is 2. The molecule has 1 aromatic heterocycles. The molecule has 0 saturated heterocycles. The monoisotopic (exact) mass is 404 g/mol. The molecule has 1 heterocycles. The maximum Gasteiger partial charge on any atom is 0.279 e. The number of hydrazine groups is 1. The van der Waals surface area contributed by atoms with Crippen LogP contribution in [0, 0.1) is 26.1 Å². The Morgan fingerprint density at radius 3 is 2.25 bits per heavy atom. The Kier molecular flexibility index (Phi) is 5.36. The van der Waals surface area contributed by atoms with Gasteiger partial charge in [-0.15, -0.1) is 11.3 Å². The number of benzene rings is 1. The van der Waals surface area contributed by atoms with Gasteiger partial charge in [-0.05, 0) is 36.8 Å². The number of carbonyl (C=O) groups is 2. The summed E-state index contributed by atoms with van der Waals surface area (Å²) in [4.78, 5) is 46.2. The number of fused-ring (bicyclic) bond motifs is 1. The molecule has 0 spiro atoms. The minimum Gasteiger partial charge on any atom is -0.267 e. The number of nitro benzene ring substituents is 2. The third-order valence-electron chi connectivity index (χ3n) is 4.43. The summed E-state index contributed by atoms with van der Waals surface area (Å²) in [6, 6.07) is 4.36. The lowest BCUT2D eigenvalue weighted by molar-refractivity contribution is -0.394. The van der Waals surface area contributed by atoms with Crippen molar-refractivity contribution in [2.75, 3.05) is 0 Å². The van der Waals surface area contributed by atoms with Crippen LogP contribution in [0.25, 0.3) is 0 Å². The molecule has 2 amide bonds. The smallest absolute Gasteiger partial charge is 0.267 e. The lowest BCUT2D eigenvalue weighted by Crippen LogP contribution is -2.41. The van der Waals surface area contributed by atoms with Gasteiger partial charge in [-0.25, -0.2) is 0 Å². The SMILES string of the molecule is C[C@@H]1CCc2sc(C(=O)NNC(=O)c3cc([N+](=O)[O-])cc([N+](=O)[O-])c3)cc2C1. The summed E-state index contributed by atoms with van der Waals surface area (Å²) in [5, 5.41) is 21.8.